The predicted molar refractivity (Wildman–Crippen MR) is 93.4 cm³/mol. The van der Waals surface area contributed by atoms with Gasteiger partial charge in [0.15, 0.2) is 0 Å². The summed E-state index contributed by atoms with van der Waals surface area (Å²) in [6.45, 7) is 5.67. The molecule has 0 saturated carbocycles. The van der Waals surface area contributed by atoms with Crippen LogP contribution in [-0.2, 0) is 9.53 Å². The minimum Gasteiger partial charge on any atom is -0.383 e. The molecule has 1 spiro atoms. The second-order valence-electron chi connectivity index (χ2n) is 7.06. The Morgan fingerprint density at radius 1 is 1.33 bits per heavy atom. The standard InChI is InChI=1S/C17H27N5O2/c1-13-11-18-16(19-14(13)20(2)3)22-8-6-17(12-22)5-7-21(15(17)23)9-10-24-4/h11H,5-10,12H2,1-4H3. The van der Waals surface area contributed by atoms with Crippen LogP contribution in [0.15, 0.2) is 6.20 Å². The highest BCUT2D eigenvalue weighted by molar-refractivity contribution is 5.86. The summed E-state index contributed by atoms with van der Waals surface area (Å²) in [5, 5.41) is 0. The second-order valence-corrected chi connectivity index (χ2v) is 7.06. The first kappa shape index (κ1) is 17.0. The van der Waals surface area contributed by atoms with Crippen LogP contribution in [0.2, 0.25) is 0 Å². The molecular weight excluding hydrogens is 306 g/mol. The monoisotopic (exact) mass is 333 g/mol. The summed E-state index contributed by atoms with van der Waals surface area (Å²) < 4.78 is 5.11. The normalized spacial score (nSPS) is 23.6. The Morgan fingerprint density at radius 3 is 2.79 bits per heavy atom. The fourth-order valence-electron chi connectivity index (χ4n) is 3.76. The van der Waals surface area contributed by atoms with Gasteiger partial charge in [0.2, 0.25) is 11.9 Å². The first-order chi connectivity index (χ1) is 11.5. The van der Waals surface area contributed by atoms with Crippen LogP contribution in [0.3, 0.4) is 0 Å². The number of aryl methyl sites for hydroxylation is 1. The van der Waals surface area contributed by atoms with Crippen LogP contribution in [0, 0.1) is 12.3 Å². The molecule has 3 rings (SSSR count). The maximum atomic E-state index is 12.8. The molecule has 0 aromatic carbocycles. The molecule has 0 aliphatic carbocycles. The molecule has 7 heteroatoms. The lowest BCUT2D eigenvalue weighted by molar-refractivity contribution is -0.135. The lowest BCUT2D eigenvalue weighted by Gasteiger charge is -2.24. The number of carbonyl (C=O) groups is 1. The van der Waals surface area contributed by atoms with E-state index in [4.69, 9.17) is 9.72 Å². The average Bonchev–Trinajstić information content (AvgIpc) is 3.12. The number of hydrogen-bond donors (Lipinski definition) is 0. The first-order valence-corrected chi connectivity index (χ1v) is 8.51. The maximum absolute atomic E-state index is 12.8. The number of hydrogen-bond acceptors (Lipinski definition) is 6. The van der Waals surface area contributed by atoms with Gasteiger partial charge in [-0.3, -0.25) is 4.79 Å². The van der Waals surface area contributed by atoms with Crippen molar-refractivity contribution in [3.05, 3.63) is 11.8 Å². The highest BCUT2D eigenvalue weighted by Crippen LogP contribution is 2.41. The highest BCUT2D eigenvalue weighted by atomic mass is 16.5. The highest BCUT2D eigenvalue weighted by Gasteiger charge is 2.51. The molecule has 0 radical (unpaired) electrons. The predicted octanol–water partition coefficient (Wildman–Crippen LogP) is 0.926. The van der Waals surface area contributed by atoms with E-state index in [0.29, 0.717) is 19.7 Å². The molecule has 0 bridgehead atoms. The lowest BCUT2D eigenvalue weighted by atomic mass is 9.85. The summed E-state index contributed by atoms with van der Waals surface area (Å²) in [7, 11) is 5.64. The van der Waals surface area contributed by atoms with Crippen LogP contribution in [-0.4, -0.2) is 74.8 Å². The Kier molecular flexibility index (Phi) is 4.62. The molecule has 7 nitrogen and oxygen atoms in total. The van der Waals surface area contributed by atoms with Crippen molar-refractivity contribution >= 4 is 17.7 Å². The smallest absolute Gasteiger partial charge is 0.230 e. The Labute approximate surface area is 143 Å². The molecule has 3 heterocycles. The summed E-state index contributed by atoms with van der Waals surface area (Å²) >= 11 is 0. The molecule has 132 valence electrons. The number of carbonyl (C=O) groups excluding carboxylic acids is 1. The number of ether oxygens (including phenoxy) is 1. The van der Waals surface area contributed by atoms with E-state index < -0.39 is 0 Å². The van der Waals surface area contributed by atoms with E-state index in [1.807, 2.05) is 37.0 Å². The average molecular weight is 333 g/mol. The van der Waals surface area contributed by atoms with Gasteiger partial charge < -0.3 is 19.4 Å². The Morgan fingerprint density at radius 2 is 2.08 bits per heavy atom. The summed E-state index contributed by atoms with van der Waals surface area (Å²) in [6, 6.07) is 0. The molecule has 1 aromatic rings. The Bertz CT molecular complexity index is 621. The molecule has 1 unspecified atom stereocenters. The molecule has 24 heavy (non-hydrogen) atoms. The Balaban J connectivity index is 1.74. The van der Waals surface area contributed by atoms with E-state index in [1.54, 1.807) is 7.11 Å². The number of anilines is 2. The molecule has 2 saturated heterocycles. The van der Waals surface area contributed by atoms with E-state index >= 15 is 0 Å². The van der Waals surface area contributed by atoms with Crippen molar-refractivity contribution in [2.45, 2.75) is 19.8 Å². The van der Waals surface area contributed by atoms with E-state index in [1.165, 1.54) is 0 Å². The van der Waals surface area contributed by atoms with Gasteiger partial charge >= 0.3 is 0 Å². The minimum atomic E-state index is -0.264. The molecule has 1 aromatic heterocycles. The van der Waals surface area contributed by atoms with Gasteiger partial charge in [-0.25, -0.2) is 4.98 Å². The van der Waals surface area contributed by atoms with Crippen molar-refractivity contribution in [2.75, 3.05) is 63.8 Å². The molecule has 2 aliphatic heterocycles. The third kappa shape index (κ3) is 2.92. The van der Waals surface area contributed by atoms with Crippen molar-refractivity contribution in [3.63, 3.8) is 0 Å². The quantitative estimate of drug-likeness (QED) is 0.799. The molecule has 1 atom stereocenters. The molecule has 1 amide bonds. The number of likely N-dealkylation sites (tertiary alicyclic amines) is 1. The number of aromatic nitrogens is 2. The summed E-state index contributed by atoms with van der Waals surface area (Å²) in [5.41, 5.74) is 0.792. The Hall–Kier alpha value is -1.89. The van der Waals surface area contributed by atoms with Crippen molar-refractivity contribution in [1.82, 2.24) is 14.9 Å². The van der Waals surface area contributed by atoms with Gasteiger partial charge in [-0.05, 0) is 19.8 Å². The zero-order valence-corrected chi connectivity index (χ0v) is 15.1. The van der Waals surface area contributed by atoms with Gasteiger partial charge in [-0.15, -0.1) is 0 Å². The zero-order chi connectivity index (χ0) is 17.3. The van der Waals surface area contributed by atoms with Crippen molar-refractivity contribution in [3.8, 4) is 0 Å². The third-order valence-electron chi connectivity index (χ3n) is 5.16. The van der Waals surface area contributed by atoms with Gasteiger partial charge in [-0.1, -0.05) is 0 Å². The van der Waals surface area contributed by atoms with Gasteiger partial charge in [-0.2, -0.15) is 4.98 Å². The van der Waals surface area contributed by atoms with Gasteiger partial charge in [0, 0.05) is 59.1 Å². The van der Waals surface area contributed by atoms with Crippen LogP contribution in [0.4, 0.5) is 11.8 Å². The maximum Gasteiger partial charge on any atom is 0.230 e. The van der Waals surface area contributed by atoms with Crippen LogP contribution in [0.25, 0.3) is 0 Å². The van der Waals surface area contributed by atoms with E-state index in [-0.39, 0.29) is 11.3 Å². The minimum absolute atomic E-state index is 0.264. The number of methoxy groups -OCH3 is 1. The van der Waals surface area contributed by atoms with E-state index in [0.717, 1.165) is 43.3 Å². The third-order valence-corrected chi connectivity index (χ3v) is 5.16. The van der Waals surface area contributed by atoms with Crippen LogP contribution in [0.5, 0.6) is 0 Å². The summed E-state index contributed by atoms with van der Waals surface area (Å²) in [4.78, 5) is 28.1. The second kappa shape index (κ2) is 6.55. The van der Waals surface area contributed by atoms with Gasteiger partial charge in [0.05, 0.1) is 12.0 Å². The molecule has 0 N–H and O–H groups in total. The SMILES string of the molecule is COCCN1CCC2(CCN(c3ncc(C)c(N(C)C)n3)C2)C1=O. The number of nitrogens with zero attached hydrogens (tertiary/aromatic N) is 5. The molecular formula is C17H27N5O2. The largest absolute Gasteiger partial charge is 0.383 e. The van der Waals surface area contributed by atoms with Crippen molar-refractivity contribution < 1.29 is 9.53 Å². The van der Waals surface area contributed by atoms with Crippen LogP contribution in [0.1, 0.15) is 18.4 Å². The van der Waals surface area contributed by atoms with Crippen molar-refractivity contribution in [1.29, 1.82) is 0 Å². The van der Waals surface area contributed by atoms with E-state index in [2.05, 4.69) is 9.88 Å². The topological polar surface area (TPSA) is 61.8 Å². The number of amides is 1. The lowest BCUT2D eigenvalue weighted by Crippen LogP contribution is -2.38. The molecule has 2 fully saturated rings. The van der Waals surface area contributed by atoms with Crippen LogP contribution >= 0.6 is 0 Å². The van der Waals surface area contributed by atoms with Gasteiger partial charge in [0.25, 0.3) is 0 Å². The van der Waals surface area contributed by atoms with Crippen LogP contribution < -0.4 is 9.80 Å². The van der Waals surface area contributed by atoms with E-state index in [9.17, 15) is 4.79 Å². The fourth-order valence-corrected chi connectivity index (χ4v) is 3.76. The van der Waals surface area contributed by atoms with Crippen molar-refractivity contribution in [2.24, 2.45) is 5.41 Å². The first-order valence-electron chi connectivity index (χ1n) is 8.51. The fraction of sp³-hybridized carbons (Fsp3) is 0.706. The number of rotatable bonds is 5. The summed E-state index contributed by atoms with van der Waals surface area (Å²) in [6.07, 6.45) is 3.66. The molecule has 2 aliphatic rings. The summed E-state index contributed by atoms with van der Waals surface area (Å²) in [5.74, 6) is 1.92. The van der Waals surface area contributed by atoms with Gasteiger partial charge in [0.1, 0.15) is 5.82 Å². The zero-order valence-electron chi connectivity index (χ0n) is 15.1.